The number of hydrogen-bond donors (Lipinski definition) is 1. The van der Waals surface area contributed by atoms with E-state index in [-0.39, 0.29) is 0 Å². The minimum Gasteiger partial charge on any atom is -0.396 e. The van der Waals surface area contributed by atoms with Gasteiger partial charge in [-0.2, -0.15) is 5.10 Å². The topological polar surface area (TPSA) is 38.0 Å². The predicted molar refractivity (Wildman–Crippen MR) is 48.8 cm³/mol. The fraction of sp³-hybridized carbons (Fsp3) is 0.625. The molecular weight excluding hydrogens is 220 g/mol. The number of hydrogen-bond acceptors (Lipinski definition) is 2. The van der Waals surface area contributed by atoms with Crippen LogP contribution in [0, 0.1) is 5.92 Å². The van der Waals surface area contributed by atoms with Gasteiger partial charge in [0, 0.05) is 12.8 Å². The Morgan fingerprint density at radius 1 is 1.67 bits per heavy atom. The summed E-state index contributed by atoms with van der Waals surface area (Å²) in [4.78, 5) is 0. The van der Waals surface area contributed by atoms with Gasteiger partial charge in [0.2, 0.25) is 0 Å². The van der Waals surface area contributed by atoms with Crippen LogP contribution in [0.3, 0.4) is 0 Å². The normalized spacial score (nSPS) is 28.5. The van der Waals surface area contributed by atoms with Gasteiger partial charge in [-0.3, -0.25) is 4.68 Å². The molecule has 0 spiro atoms. The van der Waals surface area contributed by atoms with Crippen LogP contribution in [-0.2, 0) is 0 Å². The highest BCUT2D eigenvalue weighted by Crippen LogP contribution is 2.36. The second kappa shape index (κ2) is 3.18. The summed E-state index contributed by atoms with van der Waals surface area (Å²) >= 11 is 3.30. The van der Waals surface area contributed by atoms with Gasteiger partial charge in [0.25, 0.3) is 0 Å². The van der Waals surface area contributed by atoms with Crippen LogP contribution in [0.5, 0.6) is 0 Å². The molecule has 2 rings (SSSR count). The van der Waals surface area contributed by atoms with Crippen molar-refractivity contribution in [3.05, 3.63) is 16.9 Å². The second-order valence-corrected chi connectivity index (χ2v) is 4.10. The molecule has 0 aromatic carbocycles. The number of halogens is 1. The zero-order valence-electron chi connectivity index (χ0n) is 6.65. The monoisotopic (exact) mass is 230 g/mol. The molecule has 1 aromatic heterocycles. The third-order valence-corrected chi connectivity index (χ3v) is 2.84. The fourth-order valence-corrected chi connectivity index (χ4v) is 1.89. The molecule has 3 nitrogen and oxygen atoms in total. The smallest absolute Gasteiger partial charge is 0.128 e. The summed E-state index contributed by atoms with van der Waals surface area (Å²) < 4.78 is 2.85. The Morgan fingerprint density at radius 3 is 2.92 bits per heavy atom. The van der Waals surface area contributed by atoms with Crippen molar-refractivity contribution in [1.29, 1.82) is 0 Å². The Hall–Kier alpha value is -0.350. The van der Waals surface area contributed by atoms with Gasteiger partial charge in [-0.1, -0.05) is 0 Å². The quantitative estimate of drug-likeness (QED) is 0.839. The Bertz CT molecular complexity index is 268. The maximum absolute atomic E-state index is 8.82. The molecule has 1 aliphatic carbocycles. The molecule has 0 atom stereocenters. The van der Waals surface area contributed by atoms with Crippen LogP contribution >= 0.6 is 15.9 Å². The lowest BCUT2D eigenvalue weighted by Gasteiger charge is -2.33. The molecule has 1 N–H and O–H groups in total. The average molecular weight is 231 g/mol. The van der Waals surface area contributed by atoms with Gasteiger partial charge in [-0.15, -0.1) is 0 Å². The molecule has 1 heterocycles. The summed E-state index contributed by atoms with van der Waals surface area (Å²) in [6, 6.07) is 2.44. The van der Waals surface area contributed by atoms with Gasteiger partial charge in [0.15, 0.2) is 0 Å². The van der Waals surface area contributed by atoms with Crippen molar-refractivity contribution >= 4 is 15.9 Å². The first-order valence-corrected chi connectivity index (χ1v) is 4.90. The molecule has 4 heteroatoms. The van der Waals surface area contributed by atoms with Crippen LogP contribution in [-0.4, -0.2) is 21.5 Å². The molecule has 0 bridgehead atoms. The molecule has 1 fully saturated rings. The average Bonchev–Trinajstić information content (AvgIpc) is 2.34. The van der Waals surface area contributed by atoms with Crippen LogP contribution in [0.15, 0.2) is 16.9 Å². The number of aromatic nitrogens is 2. The van der Waals surface area contributed by atoms with Crippen molar-refractivity contribution in [2.75, 3.05) is 6.61 Å². The van der Waals surface area contributed by atoms with E-state index < -0.39 is 0 Å². The van der Waals surface area contributed by atoms with Gasteiger partial charge < -0.3 is 5.11 Å². The minimum atomic E-state index is 0.318. The Labute approximate surface area is 79.5 Å². The molecule has 0 unspecified atom stereocenters. The third kappa shape index (κ3) is 1.41. The summed E-state index contributed by atoms with van der Waals surface area (Å²) in [6.07, 6.45) is 4.09. The van der Waals surface area contributed by atoms with E-state index >= 15 is 0 Å². The fourth-order valence-electron chi connectivity index (χ4n) is 1.58. The van der Waals surface area contributed by atoms with Crippen LogP contribution < -0.4 is 0 Å². The summed E-state index contributed by atoms with van der Waals surface area (Å²) in [7, 11) is 0. The lowest BCUT2D eigenvalue weighted by molar-refractivity contribution is 0.105. The first-order chi connectivity index (χ1) is 5.79. The lowest BCUT2D eigenvalue weighted by atomic mass is 9.81. The van der Waals surface area contributed by atoms with Gasteiger partial charge >= 0.3 is 0 Å². The summed E-state index contributed by atoms with van der Waals surface area (Å²) in [5.41, 5.74) is 0. The van der Waals surface area contributed by atoms with Gasteiger partial charge in [-0.25, -0.2) is 0 Å². The standard InChI is InChI=1S/C8H11BrN2O/c9-8-1-2-11(10-8)7-3-6(4-7)5-12/h1-2,6-7,12H,3-5H2. The molecule has 66 valence electrons. The van der Waals surface area contributed by atoms with Crippen molar-refractivity contribution in [1.82, 2.24) is 9.78 Å². The molecule has 1 aromatic rings. The first kappa shape index (κ1) is 8.26. The van der Waals surface area contributed by atoms with E-state index in [0.29, 0.717) is 18.6 Å². The number of aliphatic hydroxyl groups excluding tert-OH is 1. The molecule has 0 aliphatic heterocycles. The van der Waals surface area contributed by atoms with Crippen molar-refractivity contribution in [3.8, 4) is 0 Å². The van der Waals surface area contributed by atoms with Crippen molar-refractivity contribution in [2.24, 2.45) is 5.92 Å². The highest BCUT2D eigenvalue weighted by atomic mass is 79.9. The second-order valence-electron chi connectivity index (χ2n) is 3.29. The maximum atomic E-state index is 8.82. The lowest BCUT2D eigenvalue weighted by Crippen LogP contribution is -2.29. The number of rotatable bonds is 2. The van der Waals surface area contributed by atoms with Crippen molar-refractivity contribution < 1.29 is 5.11 Å². The molecule has 0 amide bonds. The molecule has 12 heavy (non-hydrogen) atoms. The largest absolute Gasteiger partial charge is 0.396 e. The Balaban J connectivity index is 1.96. The Morgan fingerprint density at radius 2 is 2.42 bits per heavy atom. The van der Waals surface area contributed by atoms with Gasteiger partial charge in [-0.05, 0) is 40.8 Å². The van der Waals surface area contributed by atoms with Gasteiger partial charge in [0.1, 0.15) is 4.60 Å². The van der Waals surface area contributed by atoms with Crippen molar-refractivity contribution in [3.63, 3.8) is 0 Å². The van der Waals surface area contributed by atoms with E-state index in [0.717, 1.165) is 17.4 Å². The first-order valence-electron chi connectivity index (χ1n) is 4.11. The number of aliphatic hydroxyl groups is 1. The molecular formula is C8H11BrN2O. The van der Waals surface area contributed by atoms with Crippen LogP contribution in [0.1, 0.15) is 18.9 Å². The molecule has 1 aliphatic rings. The van der Waals surface area contributed by atoms with Crippen LogP contribution in [0.2, 0.25) is 0 Å². The summed E-state index contributed by atoms with van der Waals surface area (Å²) in [5.74, 6) is 0.498. The SMILES string of the molecule is OCC1CC(n2ccc(Br)n2)C1. The summed E-state index contributed by atoms with van der Waals surface area (Å²) in [5, 5.41) is 13.1. The van der Waals surface area contributed by atoms with E-state index in [1.165, 1.54) is 0 Å². The van der Waals surface area contributed by atoms with Crippen molar-refractivity contribution in [2.45, 2.75) is 18.9 Å². The molecule has 0 radical (unpaired) electrons. The molecule has 0 saturated heterocycles. The minimum absolute atomic E-state index is 0.318. The maximum Gasteiger partial charge on any atom is 0.128 e. The zero-order valence-corrected chi connectivity index (χ0v) is 8.24. The predicted octanol–water partition coefficient (Wildman–Crippen LogP) is 1.59. The molecule has 1 saturated carbocycles. The number of nitrogens with zero attached hydrogens (tertiary/aromatic N) is 2. The van der Waals surface area contributed by atoms with Crippen LogP contribution in [0.25, 0.3) is 0 Å². The van der Waals surface area contributed by atoms with E-state index in [2.05, 4.69) is 21.0 Å². The zero-order chi connectivity index (χ0) is 8.55. The van der Waals surface area contributed by atoms with E-state index in [4.69, 9.17) is 5.11 Å². The van der Waals surface area contributed by atoms with Gasteiger partial charge in [0.05, 0.1) is 6.04 Å². The highest BCUT2D eigenvalue weighted by Gasteiger charge is 2.30. The van der Waals surface area contributed by atoms with Crippen LogP contribution in [0.4, 0.5) is 0 Å². The van der Waals surface area contributed by atoms with E-state index in [9.17, 15) is 0 Å². The third-order valence-electron chi connectivity index (χ3n) is 2.42. The van der Waals surface area contributed by atoms with E-state index in [1.54, 1.807) is 0 Å². The van der Waals surface area contributed by atoms with E-state index in [1.807, 2.05) is 16.9 Å². The highest BCUT2D eigenvalue weighted by molar-refractivity contribution is 9.10. The summed E-state index contributed by atoms with van der Waals surface area (Å²) in [6.45, 7) is 0.318. The Kier molecular flexibility index (Phi) is 2.19.